The molecule has 0 N–H and O–H groups in total. The molecule has 3 aliphatic carbocycles. The van der Waals surface area contributed by atoms with E-state index < -0.39 is 0 Å². The predicted octanol–water partition coefficient (Wildman–Crippen LogP) is 6.05. The van der Waals surface area contributed by atoms with Gasteiger partial charge in [-0.25, -0.2) is 0 Å². The van der Waals surface area contributed by atoms with Crippen molar-refractivity contribution >= 4 is 12.4 Å². The topological polar surface area (TPSA) is 3.24 Å². The van der Waals surface area contributed by atoms with Crippen LogP contribution in [-0.4, -0.2) is 24.5 Å². The highest BCUT2D eigenvalue weighted by Crippen LogP contribution is 2.65. The second kappa shape index (κ2) is 6.61. The van der Waals surface area contributed by atoms with E-state index in [1.807, 2.05) is 0 Å². The SMILES string of the molecule is CC12CC3(CN(CC4CCCCC4)CC3c3ccccc31)c1ccccc12.Cl. The Kier molecular flexibility index (Phi) is 4.41. The van der Waals surface area contributed by atoms with Gasteiger partial charge in [0.15, 0.2) is 0 Å². The van der Waals surface area contributed by atoms with E-state index in [1.54, 1.807) is 22.3 Å². The molecule has 1 saturated carbocycles. The van der Waals surface area contributed by atoms with Crippen molar-refractivity contribution in [3.05, 3.63) is 70.8 Å². The molecule has 1 heterocycles. The molecular weight excluding hydrogens is 362 g/mol. The third-order valence-electron chi connectivity index (χ3n) is 8.51. The van der Waals surface area contributed by atoms with Gasteiger partial charge in [-0.05, 0) is 47.4 Å². The van der Waals surface area contributed by atoms with Crippen LogP contribution in [0.4, 0.5) is 0 Å². The van der Waals surface area contributed by atoms with Crippen molar-refractivity contribution in [2.45, 2.75) is 62.2 Å². The van der Waals surface area contributed by atoms with Crippen molar-refractivity contribution in [3.63, 3.8) is 0 Å². The van der Waals surface area contributed by atoms with E-state index in [0.29, 0.717) is 11.3 Å². The minimum atomic E-state index is 0. The lowest BCUT2D eigenvalue weighted by Crippen LogP contribution is -2.39. The first-order valence-electron chi connectivity index (χ1n) is 11.1. The summed E-state index contributed by atoms with van der Waals surface area (Å²) in [7, 11) is 0. The van der Waals surface area contributed by atoms with Crippen molar-refractivity contribution in [2.75, 3.05) is 19.6 Å². The highest BCUT2D eigenvalue weighted by Gasteiger charge is 2.62. The quantitative estimate of drug-likeness (QED) is 0.600. The van der Waals surface area contributed by atoms with Gasteiger partial charge in [-0.15, -0.1) is 12.4 Å². The highest BCUT2D eigenvalue weighted by molar-refractivity contribution is 5.85. The third kappa shape index (κ3) is 2.42. The monoisotopic (exact) mass is 393 g/mol. The van der Waals surface area contributed by atoms with E-state index >= 15 is 0 Å². The van der Waals surface area contributed by atoms with E-state index in [1.165, 1.54) is 58.2 Å². The molecule has 2 aromatic rings. The van der Waals surface area contributed by atoms with Crippen LogP contribution in [0.2, 0.25) is 0 Å². The lowest BCUT2D eigenvalue weighted by molar-refractivity contribution is 0.220. The molecule has 2 fully saturated rings. The maximum Gasteiger partial charge on any atom is 0.0189 e. The van der Waals surface area contributed by atoms with Gasteiger partial charge in [-0.2, -0.15) is 0 Å². The van der Waals surface area contributed by atoms with Crippen LogP contribution in [0.1, 0.15) is 73.6 Å². The molecule has 3 atom stereocenters. The van der Waals surface area contributed by atoms with Gasteiger partial charge in [0, 0.05) is 36.4 Å². The summed E-state index contributed by atoms with van der Waals surface area (Å²) in [6.07, 6.45) is 8.59. The average Bonchev–Trinajstić information content (AvgIpc) is 3.18. The normalized spacial score (nSPS) is 33.7. The van der Waals surface area contributed by atoms with Gasteiger partial charge in [0.1, 0.15) is 0 Å². The van der Waals surface area contributed by atoms with Gasteiger partial charge in [-0.3, -0.25) is 0 Å². The molecular formula is C26H32ClN. The molecule has 1 nitrogen and oxygen atoms in total. The number of fused-ring (bicyclic) bond motifs is 3. The maximum atomic E-state index is 2.85. The molecule has 6 rings (SSSR count). The Balaban J connectivity index is 0.00000171. The average molecular weight is 394 g/mol. The first-order chi connectivity index (χ1) is 13.2. The Bertz CT molecular complexity index is 873. The second-order valence-electron chi connectivity index (χ2n) is 10.0. The van der Waals surface area contributed by atoms with E-state index in [-0.39, 0.29) is 17.8 Å². The van der Waals surface area contributed by atoms with Crippen LogP contribution in [0, 0.1) is 5.92 Å². The lowest BCUT2D eigenvalue weighted by atomic mass is 9.61. The zero-order valence-electron chi connectivity index (χ0n) is 17.0. The summed E-state index contributed by atoms with van der Waals surface area (Å²) in [5, 5.41) is 0. The van der Waals surface area contributed by atoms with Crippen LogP contribution >= 0.6 is 12.4 Å². The Labute approximate surface area is 175 Å². The summed E-state index contributed by atoms with van der Waals surface area (Å²) in [5.74, 6) is 1.61. The fourth-order valence-corrected chi connectivity index (χ4v) is 7.49. The number of hydrogen-bond acceptors (Lipinski definition) is 1. The smallest absolute Gasteiger partial charge is 0.0189 e. The van der Waals surface area contributed by atoms with Gasteiger partial charge < -0.3 is 4.90 Å². The largest absolute Gasteiger partial charge is 0.302 e. The number of likely N-dealkylation sites (tertiary alicyclic amines) is 1. The maximum absolute atomic E-state index is 2.85. The fraction of sp³-hybridized carbons (Fsp3) is 0.538. The van der Waals surface area contributed by atoms with Crippen LogP contribution in [0.25, 0.3) is 0 Å². The molecule has 2 heteroatoms. The van der Waals surface area contributed by atoms with Gasteiger partial charge >= 0.3 is 0 Å². The molecule has 0 amide bonds. The van der Waals surface area contributed by atoms with Crippen LogP contribution in [0.5, 0.6) is 0 Å². The van der Waals surface area contributed by atoms with Gasteiger partial charge in [0.05, 0.1) is 0 Å². The number of rotatable bonds is 2. The van der Waals surface area contributed by atoms with Crippen molar-refractivity contribution < 1.29 is 0 Å². The molecule has 28 heavy (non-hydrogen) atoms. The zero-order valence-corrected chi connectivity index (χ0v) is 17.8. The van der Waals surface area contributed by atoms with E-state index in [2.05, 4.69) is 60.4 Å². The minimum absolute atomic E-state index is 0. The van der Waals surface area contributed by atoms with Crippen LogP contribution in [-0.2, 0) is 10.8 Å². The number of hydrogen-bond donors (Lipinski definition) is 0. The van der Waals surface area contributed by atoms with E-state index in [4.69, 9.17) is 0 Å². The van der Waals surface area contributed by atoms with Crippen LogP contribution < -0.4 is 0 Å². The second-order valence-corrected chi connectivity index (χ2v) is 10.0. The van der Waals surface area contributed by atoms with Crippen molar-refractivity contribution in [3.8, 4) is 0 Å². The Morgan fingerprint density at radius 1 is 0.893 bits per heavy atom. The Morgan fingerprint density at radius 3 is 2.36 bits per heavy atom. The number of nitrogens with zero attached hydrogens (tertiary/aromatic N) is 1. The molecule has 1 aliphatic heterocycles. The van der Waals surface area contributed by atoms with E-state index in [0.717, 1.165) is 5.92 Å². The molecule has 2 aromatic carbocycles. The fourth-order valence-electron chi connectivity index (χ4n) is 7.49. The highest BCUT2D eigenvalue weighted by atomic mass is 35.5. The first-order valence-corrected chi connectivity index (χ1v) is 11.1. The molecule has 3 unspecified atom stereocenters. The number of halogens is 1. The molecule has 0 radical (unpaired) electrons. The Morgan fingerprint density at radius 2 is 1.57 bits per heavy atom. The van der Waals surface area contributed by atoms with Gasteiger partial charge in [0.25, 0.3) is 0 Å². The minimum Gasteiger partial charge on any atom is -0.302 e. The Hall–Kier alpha value is -1.31. The lowest BCUT2D eigenvalue weighted by Gasteiger charge is -2.42. The first kappa shape index (κ1) is 18.7. The summed E-state index contributed by atoms with van der Waals surface area (Å²) in [6, 6.07) is 18.8. The van der Waals surface area contributed by atoms with Crippen LogP contribution in [0.15, 0.2) is 48.5 Å². The van der Waals surface area contributed by atoms with Crippen molar-refractivity contribution in [2.24, 2.45) is 5.92 Å². The molecule has 0 aromatic heterocycles. The molecule has 1 saturated heterocycles. The third-order valence-corrected chi connectivity index (χ3v) is 8.51. The standard InChI is InChI=1S/C26H31N.ClH/c1-25-17-26(23-14-8-7-13-22(23)25)18-27(15-19-9-3-2-4-10-19)16-24(26)20-11-5-6-12-21(20)25;/h5-8,11-14,19,24H,2-4,9-10,15-18H2,1H3;1H. The van der Waals surface area contributed by atoms with Crippen LogP contribution in [0.3, 0.4) is 0 Å². The molecule has 4 aliphatic rings. The van der Waals surface area contributed by atoms with Gasteiger partial charge in [0.2, 0.25) is 0 Å². The molecule has 148 valence electrons. The summed E-state index contributed by atoms with van der Waals surface area (Å²) in [6.45, 7) is 6.38. The van der Waals surface area contributed by atoms with Crippen molar-refractivity contribution in [1.29, 1.82) is 0 Å². The summed E-state index contributed by atoms with van der Waals surface area (Å²) < 4.78 is 0. The number of benzene rings is 2. The summed E-state index contributed by atoms with van der Waals surface area (Å²) >= 11 is 0. The van der Waals surface area contributed by atoms with E-state index in [9.17, 15) is 0 Å². The zero-order chi connectivity index (χ0) is 18.1. The summed E-state index contributed by atoms with van der Waals surface area (Å²) in [4.78, 5) is 2.85. The summed E-state index contributed by atoms with van der Waals surface area (Å²) in [5.41, 5.74) is 7.07. The predicted molar refractivity (Wildman–Crippen MR) is 119 cm³/mol. The van der Waals surface area contributed by atoms with Crippen molar-refractivity contribution in [1.82, 2.24) is 4.90 Å². The molecule has 2 bridgehead atoms. The molecule has 1 spiro atoms. The van der Waals surface area contributed by atoms with Gasteiger partial charge in [-0.1, -0.05) is 74.7 Å².